The van der Waals surface area contributed by atoms with Crippen molar-refractivity contribution in [3.63, 3.8) is 0 Å². The second-order valence-electron chi connectivity index (χ2n) is 2.89. The smallest absolute Gasteiger partial charge is 0.314 e. The summed E-state index contributed by atoms with van der Waals surface area (Å²) in [6.07, 6.45) is -1.17. The van der Waals surface area contributed by atoms with Crippen LogP contribution in [-0.4, -0.2) is 17.3 Å². The van der Waals surface area contributed by atoms with Crippen LogP contribution in [0.25, 0.3) is 0 Å². The molecule has 0 aromatic heterocycles. The van der Waals surface area contributed by atoms with E-state index >= 15 is 0 Å². The lowest BCUT2D eigenvalue weighted by molar-refractivity contribution is -0.274. The highest BCUT2D eigenvalue weighted by Gasteiger charge is 2.42. The van der Waals surface area contributed by atoms with Gasteiger partial charge >= 0.3 is 6.11 Å². The number of ether oxygens (including phenoxy) is 1. The maximum atomic E-state index is 12.6. The summed E-state index contributed by atoms with van der Waals surface area (Å²) >= 11 is 2.16. The number of halogens is 4. The minimum Gasteiger partial charge on any atom is -0.314 e. The summed E-state index contributed by atoms with van der Waals surface area (Å²) in [4.78, 5) is 0. The van der Waals surface area contributed by atoms with Crippen molar-refractivity contribution < 1.29 is 17.9 Å². The first-order valence-electron chi connectivity index (χ1n) is 3.86. The Balaban J connectivity index is 2.37. The Morgan fingerprint density at radius 1 is 1.33 bits per heavy atom. The Kier molecular flexibility index (Phi) is 3.40. The Morgan fingerprint density at radius 2 is 1.83 bits per heavy atom. The van der Waals surface area contributed by atoms with Crippen molar-refractivity contribution in [3.05, 3.63) is 0 Å². The minimum absolute atomic E-state index is 0.476. The molecule has 0 saturated heterocycles. The summed E-state index contributed by atoms with van der Waals surface area (Å²) in [5.41, 5.74) is 0. The van der Waals surface area contributed by atoms with E-state index in [1.54, 1.807) is 0 Å². The van der Waals surface area contributed by atoms with Crippen LogP contribution < -0.4 is 0 Å². The Bertz CT molecular complexity index is 146. The molecular weight excluding hydrogens is 237 g/mol. The van der Waals surface area contributed by atoms with Crippen molar-refractivity contribution in [2.45, 2.75) is 43.0 Å². The molecule has 5 heteroatoms. The Morgan fingerprint density at radius 3 is 2.25 bits per heavy atom. The van der Waals surface area contributed by atoms with Crippen LogP contribution >= 0.6 is 15.9 Å². The SMILES string of the molecule is FC(Br)C(F)(F)OC1CCCC1. The maximum Gasteiger partial charge on any atom is 0.397 e. The monoisotopic (exact) mass is 246 g/mol. The second kappa shape index (κ2) is 3.96. The van der Waals surface area contributed by atoms with Gasteiger partial charge in [0.25, 0.3) is 0 Å². The van der Waals surface area contributed by atoms with Gasteiger partial charge in [0.15, 0.2) is 0 Å². The highest BCUT2D eigenvalue weighted by molar-refractivity contribution is 9.09. The molecule has 72 valence electrons. The van der Waals surface area contributed by atoms with Gasteiger partial charge in [0.1, 0.15) is 0 Å². The average Bonchev–Trinajstić information content (AvgIpc) is 2.38. The molecule has 1 unspecified atom stereocenters. The van der Waals surface area contributed by atoms with Gasteiger partial charge in [0.05, 0.1) is 6.10 Å². The molecule has 1 atom stereocenters. The molecule has 0 aromatic carbocycles. The van der Waals surface area contributed by atoms with E-state index < -0.39 is 17.3 Å². The lowest BCUT2D eigenvalue weighted by Crippen LogP contribution is -2.33. The third-order valence-corrected chi connectivity index (χ3v) is 2.41. The fraction of sp³-hybridized carbons (Fsp3) is 1.00. The van der Waals surface area contributed by atoms with Crippen molar-refractivity contribution in [3.8, 4) is 0 Å². The molecule has 1 nitrogen and oxygen atoms in total. The van der Waals surface area contributed by atoms with Crippen LogP contribution in [0.5, 0.6) is 0 Å². The quantitative estimate of drug-likeness (QED) is 0.695. The van der Waals surface area contributed by atoms with Gasteiger partial charge in [-0.1, -0.05) is 12.8 Å². The fourth-order valence-corrected chi connectivity index (χ4v) is 1.39. The third-order valence-electron chi connectivity index (χ3n) is 1.88. The lowest BCUT2D eigenvalue weighted by Gasteiger charge is -2.20. The Labute approximate surface area is 77.4 Å². The molecule has 0 radical (unpaired) electrons. The van der Waals surface area contributed by atoms with Gasteiger partial charge in [0, 0.05) is 0 Å². The summed E-state index contributed by atoms with van der Waals surface area (Å²) in [6, 6.07) is 0. The molecule has 1 saturated carbocycles. The van der Waals surface area contributed by atoms with Crippen LogP contribution in [0.1, 0.15) is 25.7 Å². The topological polar surface area (TPSA) is 9.23 Å². The van der Waals surface area contributed by atoms with Crippen molar-refractivity contribution in [1.82, 2.24) is 0 Å². The fourth-order valence-electron chi connectivity index (χ4n) is 1.28. The van der Waals surface area contributed by atoms with E-state index in [0.29, 0.717) is 12.8 Å². The van der Waals surface area contributed by atoms with Crippen molar-refractivity contribution in [2.24, 2.45) is 0 Å². The number of hydrogen-bond acceptors (Lipinski definition) is 1. The number of rotatable bonds is 3. The molecule has 0 aliphatic heterocycles. The molecule has 0 N–H and O–H groups in total. The van der Waals surface area contributed by atoms with Crippen LogP contribution in [0.3, 0.4) is 0 Å². The molecule has 1 aliphatic carbocycles. The van der Waals surface area contributed by atoms with E-state index in [9.17, 15) is 13.2 Å². The molecule has 1 rings (SSSR count). The van der Waals surface area contributed by atoms with Crippen molar-refractivity contribution in [2.75, 3.05) is 0 Å². The summed E-state index contributed by atoms with van der Waals surface area (Å²) in [5, 5.41) is -2.41. The first kappa shape index (κ1) is 10.3. The average molecular weight is 247 g/mol. The summed E-state index contributed by atoms with van der Waals surface area (Å²) in [5.74, 6) is 0. The summed E-state index contributed by atoms with van der Waals surface area (Å²) < 4.78 is 41.6. The molecule has 0 heterocycles. The molecule has 1 fully saturated rings. The zero-order valence-corrected chi connectivity index (χ0v) is 7.99. The van der Waals surface area contributed by atoms with E-state index in [0.717, 1.165) is 12.8 Å². The predicted molar refractivity (Wildman–Crippen MR) is 42.1 cm³/mol. The summed E-state index contributed by atoms with van der Waals surface area (Å²) in [7, 11) is 0. The van der Waals surface area contributed by atoms with Crippen LogP contribution in [-0.2, 0) is 4.74 Å². The first-order chi connectivity index (χ1) is 5.52. The van der Waals surface area contributed by atoms with E-state index in [1.807, 2.05) is 0 Å². The van der Waals surface area contributed by atoms with Gasteiger partial charge in [-0.15, -0.1) is 0 Å². The lowest BCUT2D eigenvalue weighted by atomic mass is 10.3. The highest BCUT2D eigenvalue weighted by Crippen LogP contribution is 2.33. The number of hydrogen-bond donors (Lipinski definition) is 0. The third kappa shape index (κ3) is 2.62. The standard InChI is InChI=1S/C7H10BrF3O/c8-6(9)7(10,11)12-5-3-1-2-4-5/h5-6H,1-4H2. The van der Waals surface area contributed by atoms with Crippen molar-refractivity contribution >= 4 is 15.9 Å². The van der Waals surface area contributed by atoms with Gasteiger partial charge < -0.3 is 4.74 Å². The molecule has 1 aliphatic rings. The van der Waals surface area contributed by atoms with Gasteiger partial charge in [-0.25, -0.2) is 4.39 Å². The molecule has 0 bridgehead atoms. The minimum atomic E-state index is -3.69. The summed E-state index contributed by atoms with van der Waals surface area (Å²) in [6.45, 7) is 0. The van der Waals surface area contributed by atoms with E-state index in [-0.39, 0.29) is 0 Å². The van der Waals surface area contributed by atoms with Crippen molar-refractivity contribution in [1.29, 1.82) is 0 Å². The van der Waals surface area contributed by atoms with Crippen LogP contribution in [0, 0.1) is 0 Å². The van der Waals surface area contributed by atoms with Gasteiger partial charge in [-0.05, 0) is 28.8 Å². The van der Waals surface area contributed by atoms with E-state index in [2.05, 4.69) is 20.7 Å². The maximum absolute atomic E-state index is 12.6. The normalized spacial score (nSPS) is 23.0. The number of alkyl halides is 4. The molecule has 0 spiro atoms. The van der Waals surface area contributed by atoms with E-state index in [1.165, 1.54) is 0 Å². The second-order valence-corrected chi connectivity index (χ2v) is 3.69. The highest BCUT2D eigenvalue weighted by atomic mass is 79.9. The van der Waals surface area contributed by atoms with Gasteiger partial charge in [-0.2, -0.15) is 8.78 Å². The molecule has 0 aromatic rings. The molecule has 0 amide bonds. The van der Waals surface area contributed by atoms with Gasteiger partial charge in [-0.3, -0.25) is 0 Å². The predicted octanol–water partition coefficient (Wildman–Crippen LogP) is 3.23. The Hall–Kier alpha value is 0.230. The van der Waals surface area contributed by atoms with Gasteiger partial charge in [0.2, 0.25) is 5.08 Å². The molecular formula is C7H10BrF3O. The van der Waals surface area contributed by atoms with Crippen LogP contribution in [0.4, 0.5) is 13.2 Å². The molecule has 12 heavy (non-hydrogen) atoms. The van der Waals surface area contributed by atoms with Crippen LogP contribution in [0.15, 0.2) is 0 Å². The largest absolute Gasteiger partial charge is 0.397 e. The van der Waals surface area contributed by atoms with Crippen LogP contribution in [0.2, 0.25) is 0 Å². The zero-order chi connectivity index (χ0) is 9.19. The van der Waals surface area contributed by atoms with E-state index in [4.69, 9.17) is 0 Å². The zero-order valence-electron chi connectivity index (χ0n) is 6.40. The first-order valence-corrected chi connectivity index (χ1v) is 4.78.